The number of rotatable bonds is 6. The molecule has 0 bridgehead atoms. The second-order valence-corrected chi connectivity index (χ2v) is 5.75. The molecule has 1 aromatic heterocycles. The molecule has 0 aliphatic carbocycles. The molecule has 1 aliphatic rings. The van der Waals surface area contributed by atoms with Crippen LogP contribution in [0.3, 0.4) is 0 Å². The molecule has 1 aliphatic heterocycles. The predicted molar refractivity (Wildman–Crippen MR) is 89.2 cm³/mol. The van der Waals surface area contributed by atoms with Gasteiger partial charge in [0.15, 0.2) is 17.2 Å². The number of hydrogen-bond acceptors (Lipinski definition) is 6. The maximum absolute atomic E-state index is 12.7. The highest BCUT2D eigenvalue weighted by Gasteiger charge is 2.26. The summed E-state index contributed by atoms with van der Waals surface area (Å²) in [4.78, 5) is 16.8. The molecule has 0 saturated heterocycles. The normalized spacial score (nSPS) is 15.4. The van der Waals surface area contributed by atoms with E-state index in [1.54, 1.807) is 25.1 Å². The van der Waals surface area contributed by atoms with Crippen molar-refractivity contribution in [2.75, 3.05) is 6.61 Å². The lowest BCUT2D eigenvalue weighted by atomic mass is 10.1. The summed E-state index contributed by atoms with van der Waals surface area (Å²) >= 11 is 1.37. The lowest BCUT2D eigenvalue weighted by Gasteiger charge is -2.13. The van der Waals surface area contributed by atoms with Crippen molar-refractivity contribution in [3.8, 4) is 11.5 Å². The summed E-state index contributed by atoms with van der Waals surface area (Å²) in [6, 6.07) is 8.22. The van der Waals surface area contributed by atoms with E-state index < -0.39 is 12.6 Å². The Hall–Kier alpha value is -2.74. The van der Waals surface area contributed by atoms with Crippen molar-refractivity contribution < 1.29 is 27.8 Å². The average Bonchev–Trinajstić information content (AvgIpc) is 3.21. The first-order valence-electron chi connectivity index (χ1n) is 7.35. The summed E-state index contributed by atoms with van der Waals surface area (Å²) in [5.41, 5.74) is 0.241. The van der Waals surface area contributed by atoms with Crippen LogP contribution in [-0.4, -0.2) is 25.1 Å². The molecule has 0 saturated carbocycles. The molecule has 0 N–H and O–H groups in total. The molecule has 1 aromatic carbocycles. The van der Waals surface area contributed by atoms with E-state index in [1.807, 2.05) is 5.38 Å². The van der Waals surface area contributed by atoms with Crippen LogP contribution in [0.15, 0.2) is 46.4 Å². The number of cyclic esters (lactones) is 1. The van der Waals surface area contributed by atoms with Crippen molar-refractivity contribution in [3.63, 3.8) is 0 Å². The van der Waals surface area contributed by atoms with Crippen LogP contribution in [0, 0.1) is 0 Å². The summed E-state index contributed by atoms with van der Waals surface area (Å²) in [6.45, 7) is -1.02. The van der Waals surface area contributed by atoms with E-state index in [4.69, 9.17) is 9.47 Å². The van der Waals surface area contributed by atoms with Crippen LogP contribution in [-0.2, 0) is 9.53 Å². The molecule has 0 fully saturated rings. The van der Waals surface area contributed by atoms with Gasteiger partial charge in [0.1, 0.15) is 0 Å². The minimum absolute atomic E-state index is 0.00355. The number of carbonyl (C=O) groups is 1. The van der Waals surface area contributed by atoms with Gasteiger partial charge >= 0.3 is 12.6 Å². The van der Waals surface area contributed by atoms with Crippen LogP contribution in [0.1, 0.15) is 17.4 Å². The maximum Gasteiger partial charge on any atom is 0.387 e. The third-order valence-electron chi connectivity index (χ3n) is 3.16. The fourth-order valence-corrected chi connectivity index (χ4v) is 2.84. The molecule has 3 rings (SSSR count). The van der Waals surface area contributed by atoms with Crippen LogP contribution < -0.4 is 9.47 Å². The van der Waals surface area contributed by atoms with Gasteiger partial charge in [-0.1, -0.05) is 18.2 Å². The summed E-state index contributed by atoms with van der Waals surface area (Å²) in [5.74, 6) is -0.470. The topological polar surface area (TPSA) is 57.1 Å². The zero-order valence-corrected chi connectivity index (χ0v) is 13.9. The molecule has 0 spiro atoms. The van der Waals surface area contributed by atoms with Gasteiger partial charge < -0.3 is 14.2 Å². The van der Waals surface area contributed by atoms with E-state index in [9.17, 15) is 13.6 Å². The number of aliphatic imine (C=N–C) groups is 1. The third-order valence-corrected chi connectivity index (χ3v) is 4.02. The van der Waals surface area contributed by atoms with Gasteiger partial charge in [0, 0.05) is 5.56 Å². The Balaban J connectivity index is 2.00. The fourth-order valence-electron chi connectivity index (χ4n) is 2.19. The standard InChI is InChI=1S/C17H13F2NO4S/c1-2-22-12-6-3-5-10(14(12)23-17(18)19)9-11-16(21)24-15(20-11)13-7-4-8-25-13/h3-9,17H,2H2,1H3/b11-9-. The highest BCUT2D eigenvalue weighted by molar-refractivity contribution is 7.12. The predicted octanol–water partition coefficient (Wildman–Crippen LogP) is 4.09. The van der Waals surface area contributed by atoms with Crippen LogP contribution >= 0.6 is 11.3 Å². The van der Waals surface area contributed by atoms with Crippen molar-refractivity contribution in [1.82, 2.24) is 0 Å². The largest absolute Gasteiger partial charge is 0.490 e. The molecular weight excluding hydrogens is 352 g/mol. The zero-order chi connectivity index (χ0) is 17.8. The van der Waals surface area contributed by atoms with Crippen molar-refractivity contribution in [1.29, 1.82) is 0 Å². The lowest BCUT2D eigenvalue weighted by molar-refractivity contribution is -0.129. The summed E-state index contributed by atoms with van der Waals surface area (Å²) < 4.78 is 40.5. The second kappa shape index (κ2) is 7.43. The molecular formula is C17H13F2NO4S. The number of alkyl halides is 2. The quantitative estimate of drug-likeness (QED) is 0.571. The molecule has 0 unspecified atom stereocenters. The third kappa shape index (κ3) is 3.85. The molecule has 130 valence electrons. The smallest absolute Gasteiger partial charge is 0.387 e. The van der Waals surface area contributed by atoms with Crippen molar-refractivity contribution >= 4 is 29.3 Å². The first kappa shape index (κ1) is 17.1. The van der Waals surface area contributed by atoms with Gasteiger partial charge in [-0.05, 0) is 30.5 Å². The highest BCUT2D eigenvalue weighted by Crippen LogP contribution is 2.35. The first-order valence-corrected chi connectivity index (χ1v) is 8.23. The Bertz CT molecular complexity index is 831. The molecule has 2 heterocycles. The number of para-hydroxylation sites is 1. The Kier molecular flexibility index (Phi) is 5.08. The van der Waals surface area contributed by atoms with E-state index in [-0.39, 0.29) is 35.3 Å². The number of halogens is 2. The van der Waals surface area contributed by atoms with E-state index in [0.717, 1.165) is 0 Å². The molecule has 8 heteroatoms. The van der Waals surface area contributed by atoms with E-state index >= 15 is 0 Å². The van der Waals surface area contributed by atoms with Crippen molar-refractivity contribution in [2.24, 2.45) is 4.99 Å². The Morgan fingerprint density at radius 3 is 2.84 bits per heavy atom. The number of nitrogens with zero attached hydrogens (tertiary/aromatic N) is 1. The van der Waals surface area contributed by atoms with Gasteiger partial charge in [0.05, 0.1) is 11.5 Å². The number of thiophene rings is 1. The zero-order valence-electron chi connectivity index (χ0n) is 13.1. The van der Waals surface area contributed by atoms with Gasteiger partial charge in [-0.25, -0.2) is 9.79 Å². The Labute approximate surface area is 146 Å². The summed E-state index contributed by atoms with van der Waals surface area (Å²) in [7, 11) is 0. The molecule has 0 atom stereocenters. The molecule has 2 aromatic rings. The van der Waals surface area contributed by atoms with E-state index in [0.29, 0.717) is 4.88 Å². The van der Waals surface area contributed by atoms with Crippen molar-refractivity contribution in [3.05, 3.63) is 51.8 Å². The van der Waals surface area contributed by atoms with Crippen LogP contribution in [0.2, 0.25) is 0 Å². The van der Waals surface area contributed by atoms with E-state index in [2.05, 4.69) is 9.73 Å². The Morgan fingerprint density at radius 2 is 2.16 bits per heavy atom. The second-order valence-electron chi connectivity index (χ2n) is 4.80. The minimum Gasteiger partial charge on any atom is -0.490 e. The van der Waals surface area contributed by atoms with Gasteiger partial charge in [-0.15, -0.1) is 11.3 Å². The van der Waals surface area contributed by atoms with Gasteiger partial charge in [-0.2, -0.15) is 8.78 Å². The van der Waals surface area contributed by atoms with Gasteiger partial charge in [-0.3, -0.25) is 0 Å². The summed E-state index contributed by atoms with van der Waals surface area (Å²) in [6.07, 6.45) is 1.34. The lowest BCUT2D eigenvalue weighted by Crippen LogP contribution is -2.06. The van der Waals surface area contributed by atoms with Crippen molar-refractivity contribution in [2.45, 2.75) is 13.5 Å². The number of ether oxygens (including phenoxy) is 3. The minimum atomic E-state index is -3.03. The number of carbonyl (C=O) groups excluding carboxylic acids is 1. The molecule has 0 amide bonds. The highest BCUT2D eigenvalue weighted by atomic mass is 32.1. The molecule has 25 heavy (non-hydrogen) atoms. The number of esters is 1. The molecule has 0 radical (unpaired) electrons. The Morgan fingerprint density at radius 1 is 1.32 bits per heavy atom. The SMILES string of the molecule is CCOc1cccc(/C=C2\N=C(c3cccs3)OC2=O)c1OC(F)F. The monoisotopic (exact) mass is 365 g/mol. The van der Waals surface area contributed by atoms with Crippen LogP contribution in [0.25, 0.3) is 6.08 Å². The number of benzene rings is 1. The van der Waals surface area contributed by atoms with Crippen LogP contribution in [0.4, 0.5) is 8.78 Å². The van der Waals surface area contributed by atoms with E-state index in [1.165, 1.54) is 29.5 Å². The fraction of sp³-hybridized carbons (Fsp3) is 0.176. The van der Waals surface area contributed by atoms with Crippen LogP contribution in [0.5, 0.6) is 11.5 Å². The average molecular weight is 365 g/mol. The molecule has 5 nitrogen and oxygen atoms in total. The maximum atomic E-state index is 12.7. The van der Waals surface area contributed by atoms with Gasteiger partial charge in [0.25, 0.3) is 0 Å². The first-order chi connectivity index (χ1) is 12.1. The summed E-state index contributed by atoms with van der Waals surface area (Å²) in [5, 5.41) is 1.83. The van der Waals surface area contributed by atoms with Gasteiger partial charge in [0.2, 0.25) is 5.90 Å². The number of hydrogen-bond donors (Lipinski definition) is 0.